The normalized spacial score (nSPS) is 17.3. The van der Waals surface area contributed by atoms with Gasteiger partial charge in [0.1, 0.15) is 17.4 Å². The third-order valence-electron chi connectivity index (χ3n) is 4.83. The standard InChI is InChI=1S/C20H27FN4O2/c1-23(2)11-12-24-10-8-22-20(24)16-5-4-9-25(14-16)19(26)15-27-18-7-3-6-17(21)13-18/h3,6-8,10,13,16H,4-5,9,11-12,14-15H2,1-2H3/t16-/m1/s1. The summed E-state index contributed by atoms with van der Waals surface area (Å²) < 4.78 is 20.9. The van der Waals surface area contributed by atoms with Crippen LogP contribution in [0.4, 0.5) is 4.39 Å². The maximum atomic E-state index is 13.2. The summed E-state index contributed by atoms with van der Waals surface area (Å²) >= 11 is 0. The van der Waals surface area contributed by atoms with Gasteiger partial charge >= 0.3 is 0 Å². The monoisotopic (exact) mass is 374 g/mol. The molecular weight excluding hydrogens is 347 g/mol. The fourth-order valence-electron chi connectivity index (χ4n) is 3.38. The van der Waals surface area contributed by atoms with Crippen LogP contribution in [0.25, 0.3) is 0 Å². The quantitative estimate of drug-likeness (QED) is 0.747. The summed E-state index contributed by atoms with van der Waals surface area (Å²) in [5, 5.41) is 0. The predicted octanol–water partition coefficient (Wildman–Crippen LogP) is 2.37. The highest BCUT2D eigenvalue weighted by Gasteiger charge is 2.27. The third kappa shape index (κ3) is 5.29. The molecule has 0 bridgehead atoms. The number of carbonyl (C=O) groups excluding carboxylic acids is 1. The van der Waals surface area contributed by atoms with E-state index in [1.165, 1.54) is 12.1 Å². The lowest BCUT2D eigenvalue weighted by Gasteiger charge is -2.32. The molecule has 0 N–H and O–H groups in total. The Morgan fingerprint density at radius 3 is 3.04 bits per heavy atom. The molecule has 0 spiro atoms. The Labute approximate surface area is 159 Å². The van der Waals surface area contributed by atoms with E-state index in [1.807, 2.05) is 17.3 Å². The number of carbonyl (C=O) groups is 1. The van der Waals surface area contributed by atoms with Gasteiger partial charge in [-0.1, -0.05) is 6.07 Å². The lowest BCUT2D eigenvalue weighted by Crippen LogP contribution is -2.42. The second-order valence-corrected chi connectivity index (χ2v) is 7.21. The summed E-state index contributed by atoms with van der Waals surface area (Å²) in [5.74, 6) is 1.20. The summed E-state index contributed by atoms with van der Waals surface area (Å²) in [6, 6.07) is 5.85. The minimum Gasteiger partial charge on any atom is -0.484 e. The topological polar surface area (TPSA) is 50.6 Å². The number of hydrogen-bond acceptors (Lipinski definition) is 4. The van der Waals surface area contributed by atoms with Gasteiger partial charge in [0.15, 0.2) is 6.61 Å². The number of ether oxygens (including phenoxy) is 1. The fourth-order valence-corrected chi connectivity index (χ4v) is 3.38. The Morgan fingerprint density at radius 2 is 2.26 bits per heavy atom. The molecule has 2 heterocycles. The number of halogens is 1. The van der Waals surface area contributed by atoms with E-state index in [9.17, 15) is 9.18 Å². The van der Waals surface area contributed by atoms with Crippen LogP contribution in [-0.4, -0.2) is 65.6 Å². The van der Waals surface area contributed by atoms with Crippen molar-refractivity contribution in [3.05, 3.63) is 48.3 Å². The van der Waals surface area contributed by atoms with E-state index in [4.69, 9.17) is 4.74 Å². The molecule has 1 aromatic carbocycles. The van der Waals surface area contributed by atoms with Gasteiger partial charge in [-0.3, -0.25) is 4.79 Å². The van der Waals surface area contributed by atoms with Crippen LogP contribution in [0.2, 0.25) is 0 Å². The number of aromatic nitrogens is 2. The molecule has 1 amide bonds. The van der Waals surface area contributed by atoms with E-state index < -0.39 is 0 Å². The van der Waals surface area contributed by atoms with Crippen molar-refractivity contribution in [2.45, 2.75) is 25.3 Å². The molecule has 1 aliphatic heterocycles. The van der Waals surface area contributed by atoms with Crippen molar-refractivity contribution >= 4 is 5.91 Å². The second kappa shape index (κ2) is 8.99. The number of imidazole rings is 1. The summed E-state index contributed by atoms with van der Waals surface area (Å²) in [4.78, 5) is 21.1. The molecule has 2 aromatic rings. The van der Waals surface area contributed by atoms with E-state index in [2.05, 4.69) is 28.5 Å². The Morgan fingerprint density at radius 1 is 1.41 bits per heavy atom. The zero-order valence-corrected chi connectivity index (χ0v) is 16.0. The van der Waals surface area contributed by atoms with Crippen molar-refractivity contribution in [2.24, 2.45) is 0 Å². The molecule has 1 fully saturated rings. The van der Waals surface area contributed by atoms with Crippen molar-refractivity contribution in [1.82, 2.24) is 19.4 Å². The number of piperidine rings is 1. The van der Waals surface area contributed by atoms with Crippen molar-refractivity contribution in [3.8, 4) is 5.75 Å². The lowest BCUT2D eigenvalue weighted by molar-refractivity contribution is -0.134. The van der Waals surface area contributed by atoms with E-state index in [1.54, 1.807) is 12.1 Å². The van der Waals surface area contributed by atoms with Crippen LogP contribution >= 0.6 is 0 Å². The molecule has 0 radical (unpaired) electrons. The summed E-state index contributed by atoms with van der Waals surface area (Å²) in [5.41, 5.74) is 0. The molecule has 146 valence electrons. The van der Waals surface area contributed by atoms with Crippen LogP contribution in [0.3, 0.4) is 0 Å². The van der Waals surface area contributed by atoms with Crippen molar-refractivity contribution in [2.75, 3.05) is 40.3 Å². The SMILES string of the molecule is CN(C)CCn1ccnc1[C@@H]1CCCN(C(=O)COc2cccc(F)c2)C1. The number of nitrogens with zero attached hydrogens (tertiary/aromatic N) is 4. The molecular formula is C20H27FN4O2. The van der Waals surface area contributed by atoms with Crippen molar-refractivity contribution < 1.29 is 13.9 Å². The number of benzene rings is 1. The lowest BCUT2D eigenvalue weighted by atomic mass is 9.97. The molecule has 1 atom stereocenters. The van der Waals surface area contributed by atoms with Crippen molar-refractivity contribution in [1.29, 1.82) is 0 Å². The van der Waals surface area contributed by atoms with Gasteiger partial charge in [0, 0.05) is 50.6 Å². The first-order valence-electron chi connectivity index (χ1n) is 9.35. The Kier molecular flexibility index (Phi) is 6.45. The van der Waals surface area contributed by atoms with Crippen LogP contribution in [-0.2, 0) is 11.3 Å². The van der Waals surface area contributed by atoms with E-state index in [-0.39, 0.29) is 24.2 Å². The maximum Gasteiger partial charge on any atom is 0.260 e. The first-order valence-corrected chi connectivity index (χ1v) is 9.35. The Bertz CT molecular complexity index is 762. The number of rotatable bonds is 7. The molecule has 1 saturated heterocycles. The molecule has 1 aliphatic rings. The first-order chi connectivity index (χ1) is 13.0. The number of hydrogen-bond donors (Lipinski definition) is 0. The van der Waals surface area contributed by atoms with Gasteiger partial charge in [-0.05, 0) is 39.1 Å². The largest absolute Gasteiger partial charge is 0.484 e. The fraction of sp³-hybridized carbons (Fsp3) is 0.500. The summed E-state index contributed by atoms with van der Waals surface area (Å²) in [6.45, 7) is 3.12. The molecule has 7 heteroatoms. The van der Waals surface area contributed by atoms with Gasteiger partial charge in [0.05, 0.1) is 0 Å². The van der Waals surface area contributed by atoms with Crippen LogP contribution in [0.1, 0.15) is 24.6 Å². The molecule has 1 aromatic heterocycles. The highest BCUT2D eigenvalue weighted by molar-refractivity contribution is 5.78. The molecule has 6 nitrogen and oxygen atoms in total. The Balaban J connectivity index is 1.57. The zero-order chi connectivity index (χ0) is 19.2. The first kappa shape index (κ1) is 19.4. The molecule has 27 heavy (non-hydrogen) atoms. The van der Waals surface area contributed by atoms with Crippen LogP contribution in [0.15, 0.2) is 36.7 Å². The minimum atomic E-state index is -0.373. The Hall–Kier alpha value is -2.41. The van der Waals surface area contributed by atoms with E-state index in [0.717, 1.165) is 38.3 Å². The predicted molar refractivity (Wildman–Crippen MR) is 101 cm³/mol. The highest BCUT2D eigenvalue weighted by atomic mass is 19.1. The summed E-state index contributed by atoms with van der Waals surface area (Å²) in [7, 11) is 4.10. The van der Waals surface area contributed by atoms with Gasteiger partial charge in [-0.15, -0.1) is 0 Å². The van der Waals surface area contributed by atoms with Crippen molar-refractivity contribution in [3.63, 3.8) is 0 Å². The van der Waals surface area contributed by atoms with Gasteiger partial charge in [0.2, 0.25) is 0 Å². The zero-order valence-electron chi connectivity index (χ0n) is 16.0. The highest BCUT2D eigenvalue weighted by Crippen LogP contribution is 2.26. The molecule has 0 aliphatic carbocycles. The van der Waals surface area contributed by atoms with E-state index in [0.29, 0.717) is 12.3 Å². The van der Waals surface area contributed by atoms with Gasteiger partial charge < -0.3 is 19.1 Å². The number of likely N-dealkylation sites (tertiary alicyclic amines) is 1. The van der Waals surface area contributed by atoms with Gasteiger partial charge in [-0.25, -0.2) is 9.37 Å². The number of likely N-dealkylation sites (N-methyl/N-ethyl adjacent to an activating group) is 1. The molecule has 3 rings (SSSR count). The van der Waals surface area contributed by atoms with Gasteiger partial charge in [0.25, 0.3) is 5.91 Å². The van der Waals surface area contributed by atoms with Gasteiger partial charge in [-0.2, -0.15) is 0 Å². The maximum absolute atomic E-state index is 13.2. The summed E-state index contributed by atoms with van der Waals surface area (Å²) in [6.07, 6.45) is 5.80. The third-order valence-corrected chi connectivity index (χ3v) is 4.83. The average Bonchev–Trinajstić information content (AvgIpc) is 3.13. The van der Waals surface area contributed by atoms with Crippen LogP contribution in [0, 0.1) is 5.82 Å². The molecule has 0 saturated carbocycles. The molecule has 0 unspecified atom stereocenters. The van der Waals surface area contributed by atoms with Crippen LogP contribution < -0.4 is 4.74 Å². The smallest absolute Gasteiger partial charge is 0.260 e. The number of amides is 1. The van der Waals surface area contributed by atoms with Crippen LogP contribution in [0.5, 0.6) is 5.75 Å². The minimum absolute atomic E-state index is 0.0737. The second-order valence-electron chi connectivity index (χ2n) is 7.21. The average molecular weight is 374 g/mol. The van der Waals surface area contributed by atoms with E-state index >= 15 is 0 Å².